The van der Waals surface area contributed by atoms with Crippen LogP contribution < -0.4 is 14.2 Å². The van der Waals surface area contributed by atoms with Crippen LogP contribution in [-0.4, -0.2) is 39.9 Å². The highest BCUT2D eigenvalue weighted by molar-refractivity contribution is 7.99. The summed E-state index contributed by atoms with van der Waals surface area (Å²) in [5.74, 6) is 1.92. The molecule has 4 rings (SSSR count). The molecule has 0 aliphatic rings. The van der Waals surface area contributed by atoms with Gasteiger partial charge in [-0.3, -0.25) is 14.7 Å². The predicted octanol–water partition coefficient (Wildman–Crippen LogP) is 5.81. The second kappa shape index (κ2) is 12.4. The summed E-state index contributed by atoms with van der Waals surface area (Å²) in [4.78, 5) is 11.3. The standard InChI is InChI=1S/C27H27FN4O5S/c1-4-36-25-15-20(8-13-24(25)37-17-19-6-5-7-21(28)14-19)26(16-31(33)34)38-27-30-29-18(2)32(27)22-9-11-23(35-3)12-10-22/h5-15,26H,4,16-17H2,1-3H3/t26-/m0/s1. The van der Waals surface area contributed by atoms with E-state index in [2.05, 4.69) is 10.2 Å². The number of hydrogen-bond donors (Lipinski definition) is 0. The van der Waals surface area contributed by atoms with Crippen LogP contribution in [0.2, 0.25) is 0 Å². The molecule has 0 spiro atoms. The third kappa shape index (κ3) is 6.60. The van der Waals surface area contributed by atoms with Gasteiger partial charge in [-0.05, 0) is 73.5 Å². The average molecular weight is 539 g/mol. The molecule has 0 N–H and O–H groups in total. The molecule has 0 aliphatic carbocycles. The Bertz CT molecular complexity index is 1400. The van der Waals surface area contributed by atoms with Gasteiger partial charge in [-0.15, -0.1) is 10.2 Å². The Morgan fingerprint density at radius 3 is 2.53 bits per heavy atom. The van der Waals surface area contributed by atoms with Gasteiger partial charge in [0.15, 0.2) is 16.7 Å². The van der Waals surface area contributed by atoms with E-state index in [-0.39, 0.29) is 23.9 Å². The first kappa shape index (κ1) is 26.9. The van der Waals surface area contributed by atoms with Gasteiger partial charge >= 0.3 is 0 Å². The number of nitrogens with zero attached hydrogens (tertiary/aromatic N) is 4. The maximum atomic E-state index is 13.5. The van der Waals surface area contributed by atoms with Crippen molar-refractivity contribution in [1.82, 2.24) is 14.8 Å². The Morgan fingerprint density at radius 2 is 1.84 bits per heavy atom. The van der Waals surface area contributed by atoms with Gasteiger partial charge in [0, 0.05) is 10.6 Å². The Kier molecular flexibility index (Phi) is 8.80. The van der Waals surface area contributed by atoms with Crippen molar-refractivity contribution in [3.05, 3.63) is 99.6 Å². The van der Waals surface area contributed by atoms with E-state index in [1.54, 1.807) is 37.4 Å². The molecule has 9 nitrogen and oxygen atoms in total. The van der Waals surface area contributed by atoms with Crippen molar-refractivity contribution in [3.63, 3.8) is 0 Å². The minimum Gasteiger partial charge on any atom is -0.497 e. The molecule has 0 fully saturated rings. The highest BCUT2D eigenvalue weighted by atomic mass is 32.2. The van der Waals surface area contributed by atoms with Crippen molar-refractivity contribution in [3.8, 4) is 22.9 Å². The van der Waals surface area contributed by atoms with Crippen LogP contribution >= 0.6 is 11.8 Å². The Labute approximate surface area is 223 Å². The molecule has 0 saturated heterocycles. The Balaban J connectivity index is 1.62. The molecule has 3 aromatic carbocycles. The second-order valence-corrected chi connectivity index (χ2v) is 9.41. The van der Waals surface area contributed by atoms with Gasteiger partial charge in [-0.2, -0.15) is 0 Å². The Hall–Kier alpha value is -4.12. The monoisotopic (exact) mass is 538 g/mol. The molecule has 1 aromatic heterocycles. The molecule has 1 atom stereocenters. The fourth-order valence-electron chi connectivity index (χ4n) is 3.82. The average Bonchev–Trinajstić information content (AvgIpc) is 3.27. The molecule has 0 saturated carbocycles. The largest absolute Gasteiger partial charge is 0.497 e. The first-order chi connectivity index (χ1) is 18.4. The van der Waals surface area contributed by atoms with Gasteiger partial charge in [0.25, 0.3) is 0 Å². The zero-order valence-corrected chi connectivity index (χ0v) is 22.0. The van der Waals surface area contributed by atoms with Crippen LogP contribution in [0.1, 0.15) is 29.1 Å². The zero-order valence-electron chi connectivity index (χ0n) is 21.2. The van der Waals surface area contributed by atoms with E-state index in [0.29, 0.717) is 46.0 Å². The van der Waals surface area contributed by atoms with Gasteiger partial charge in [-0.1, -0.05) is 30.0 Å². The molecule has 38 heavy (non-hydrogen) atoms. The van der Waals surface area contributed by atoms with Crippen LogP contribution in [0.15, 0.2) is 71.9 Å². The van der Waals surface area contributed by atoms with Gasteiger partial charge in [-0.25, -0.2) is 4.39 Å². The van der Waals surface area contributed by atoms with E-state index >= 15 is 0 Å². The van der Waals surface area contributed by atoms with Crippen molar-refractivity contribution >= 4 is 11.8 Å². The first-order valence-corrected chi connectivity index (χ1v) is 12.7. The lowest BCUT2D eigenvalue weighted by molar-refractivity contribution is -0.479. The van der Waals surface area contributed by atoms with Crippen LogP contribution in [0.4, 0.5) is 4.39 Å². The smallest absolute Gasteiger partial charge is 0.220 e. The van der Waals surface area contributed by atoms with E-state index in [9.17, 15) is 14.5 Å². The number of aromatic nitrogens is 3. The Morgan fingerprint density at radius 1 is 1.05 bits per heavy atom. The third-order valence-corrected chi connectivity index (χ3v) is 6.79. The molecule has 0 unspecified atom stereocenters. The number of aryl methyl sites for hydroxylation is 1. The minimum absolute atomic E-state index is 0.147. The summed E-state index contributed by atoms with van der Waals surface area (Å²) in [6, 6.07) is 18.8. The topological polar surface area (TPSA) is 102 Å². The molecular weight excluding hydrogens is 511 g/mol. The summed E-state index contributed by atoms with van der Waals surface area (Å²) in [6.45, 7) is 3.84. The van der Waals surface area contributed by atoms with Crippen molar-refractivity contribution in [2.75, 3.05) is 20.3 Å². The van der Waals surface area contributed by atoms with Crippen molar-refractivity contribution in [2.24, 2.45) is 0 Å². The summed E-state index contributed by atoms with van der Waals surface area (Å²) in [5, 5.41) is 20.0. The van der Waals surface area contributed by atoms with Crippen LogP contribution in [0.3, 0.4) is 0 Å². The van der Waals surface area contributed by atoms with E-state index < -0.39 is 5.25 Å². The summed E-state index contributed by atoms with van der Waals surface area (Å²) in [7, 11) is 1.59. The SMILES string of the molecule is CCOc1cc([C@H](C[N+](=O)[O-])Sc2nnc(C)n2-c2ccc(OC)cc2)ccc1OCc1cccc(F)c1. The first-order valence-electron chi connectivity index (χ1n) is 11.9. The fraction of sp³-hybridized carbons (Fsp3) is 0.259. The second-order valence-electron chi connectivity index (χ2n) is 8.24. The highest BCUT2D eigenvalue weighted by Crippen LogP contribution is 2.40. The number of nitro groups is 1. The zero-order chi connectivity index (χ0) is 27.1. The van der Waals surface area contributed by atoms with Crippen molar-refractivity contribution < 1.29 is 23.5 Å². The minimum atomic E-state index is -0.581. The fourth-order valence-corrected chi connectivity index (χ4v) is 4.99. The van der Waals surface area contributed by atoms with Gasteiger partial charge < -0.3 is 14.2 Å². The van der Waals surface area contributed by atoms with E-state index in [1.807, 2.05) is 42.7 Å². The maximum Gasteiger partial charge on any atom is 0.220 e. The lowest BCUT2D eigenvalue weighted by Gasteiger charge is -2.17. The van der Waals surface area contributed by atoms with Crippen molar-refractivity contribution in [2.45, 2.75) is 30.9 Å². The number of halogens is 1. The molecular formula is C27H27FN4O5S. The normalized spacial score (nSPS) is 11.7. The molecule has 11 heteroatoms. The van der Waals surface area contributed by atoms with Crippen LogP contribution in [-0.2, 0) is 6.61 Å². The molecule has 1 heterocycles. The van der Waals surface area contributed by atoms with Crippen LogP contribution in [0.5, 0.6) is 17.2 Å². The lowest BCUT2D eigenvalue weighted by Crippen LogP contribution is -2.11. The summed E-state index contributed by atoms with van der Waals surface area (Å²) in [5.41, 5.74) is 2.16. The predicted molar refractivity (Wildman–Crippen MR) is 141 cm³/mol. The molecule has 0 radical (unpaired) electrons. The number of rotatable bonds is 12. The number of ether oxygens (including phenoxy) is 3. The van der Waals surface area contributed by atoms with Gasteiger partial charge in [0.05, 0.1) is 13.7 Å². The molecule has 0 aliphatic heterocycles. The summed E-state index contributed by atoms with van der Waals surface area (Å²) >= 11 is 1.25. The third-order valence-electron chi connectivity index (χ3n) is 5.61. The maximum absolute atomic E-state index is 13.5. The number of benzene rings is 3. The van der Waals surface area contributed by atoms with Crippen molar-refractivity contribution in [1.29, 1.82) is 0 Å². The summed E-state index contributed by atoms with van der Waals surface area (Å²) < 4.78 is 32.3. The number of methoxy groups -OCH3 is 1. The van der Waals surface area contributed by atoms with Gasteiger partial charge in [0.1, 0.15) is 29.2 Å². The molecule has 0 bridgehead atoms. The van der Waals surface area contributed by atoms with E-state index in [0.717, 1.165) is 5.69 Å². The molecule has 198 valence electrons. The highest BCUT2D eigenvalue weighted by Gasteiger charge is 2.25. The van der Waals surface area contributed by atoms with Crippen LogP contribution in [0, 0.1) is 22.9 Å². The van der Waals surface area contributed by atoms with Gasteiger partial charge in [0.2, 0.25) is 6.54 Å². The number of hydrogen-bond acceptors (Lipinski definition) is 8. The molecule has 4 aromatic rings. The quantitative estimate of drug-likeness (QED) is 0.127. The van der Waals surface area contributed by atoms with Crippen LogP contribution in [0.25, 0.3) is 5.69 Å². The lowest BCUT2D eigenvalue weighted by atomic mass is 10.1. The molecule has 0 amide bonds. The number of thioether (sulfide) groups is 1. The van der Waals surface area contributed by atoms with E-state index in [4.69, 9.17) is 14.2 Å². The van der Waals surface area contributed by atoms with E-state index in [1.165, 1.54) is 23.9 Å². The summed E-state index contributed by atoms with van der Waals surface area (Å²) in [6.07, 6.45) is 0.